The zero-order valence-electron chi connectivity index (χ0n) is 11.9. The summed E-state index contributed by atoms with van der Waals surface area (Å²) < 4.78 is 5.18. The summed E-state index contributed by atoms with van der Waals surface area (Å²) in [7, 11) is 1.64. The van der Waals surface area contributed by atoms with Gasteiger partial charge in [0.1, 0.15) is 5.75 Å². The van der Waals surface area contributed by atoms with E-state index >= 15 is 0 Å². The summed E-state index contributed by atoms with van der Waals surface area (Å²) in [5.74, 6) is 1.57. The van der Waals surface area contributed by atoms with E-state index in [0.29, 0.717) is 12.6 Å². The lowest BCUT2D eigenvalue weighted by atomic mass is 9.99. The van der Waals surface area contributed by atoms with Crippen molar-refractivity contribution in [3.05, 3.63) is 29.8 Å². The Kier molecular flexibility index (Phi) is 5.23. The average molecular weight is 263 g/mol. The van der Waals surface area contributed by atoms with Crippen LogP contribution >= 0.6 is 0 Å². The minimum Gasteiger partial charge on any atom is -0.497 e. The number of aliphatic hydroxyl groups excluding tert-OH is 1. The van der Waals surface area contributed by atoms with Gasteiger partial charge >= 0.3 is 0 Å². The van der Waals surface area contributed by atoms with E-state index in [9.17, 15) is 5.11 Å². The summed E-state index contributed by atoms with van der Waals surface area (Å²) in [6, 6.07) is 8.13. The van der Waals surface area contributed by atoms with Crippen molar-refractivity contribution in [1.82, 2.24) is 5.32 Å². The van der Waals surface area contributed by atoms with E-state index in [4.69, 9.17) is 4.74 Å². The van der Waals surface area contributed by atoms with E-state index in [2.05, 4.69) is 12.2 Å². The number of nitrogens with one attached hydrogen (secondary N) is 1. The predicted molar refractivity (Wildman–Crippen MR) is 77.4 cm³/mol. The van der Waals surface area contributed by atoms with Crippen molar-refractivity contribution in [3.8, 4) is 5.75 Å². The fraction of sp³-hybridized carbons (Fsp3) is 0.625. The normalized spacial score (nSPS) is 19.3. The van der Waals surface area contributed by atoms with Gasteiger partial charge in [-0.15, -0.1) is 0 Å². The molecule has 3 heteroatoms. The molecule has 2 atom stereocenters. The predicted octanol–water partition coefficient (Wildman–Crippen LogP) is 2.90. The number of hydrogen-bond donors (Lipinski definition) is 2. The molecule has 0 amide bonds. The number of benzene rings is 1. The Morgan fingerprint density at radius 1 is 1.37 bits per heavy atom. The SMILES string of the molecule is COc1cccc(C(O)CN[C@@H](C)C2CCCC2)c1. The van der Waals surface area contributed by atoms with Crippen molar-refractivity contribution in [2.24, 2.45) is 5.92 Å². The first-order chi connectivity index (χ1) is 9.20. The number of aliphatic hydroxyl groups is 1. The van der Waals surface area contributed by atoms with Gasteiger partial charge in [0.2, 0.25) is 0 Å². The zero-order valence-corrected chi connectivity index (χ0v) is 11.9. The minimum atomic E-state index is -0.473. The molecule has 1 aromatic rings. The zero-order chi connectivity index (χ0) is 13.7. The second kappa shape index (κ2) is 6.92. The summed E-state index contributed by atoms with van der Waals surface area (Å²) in [6.45, 7) is 2.83. The summed E-state index contributed by atoms with van der Waals surface area (Å²) in [4.78, 5) is 0. The third-order valence-corrected chi connectivity index (χ3v) is 4.22. The Bertz CT molecular complexity index is 388. The summed E-state index contributed by atoms with van der Waals surface area (Å²) in [5, 5.41) is 13.7. The Labute approximate surface area is 116 Å². The first-order valence-electron chi connectivity index (χ1n) is 7.26. The van der Waals surface area contributed by atoms with Gasteiger partial charge in [-0.3, -0.25) is 0 Å². The Morgan fingerprint density at radius 3 is 2.79 bits per heavy atom. The van der Waals surface area contributed by atoms with E-state index < -0.39 is 6.10 Å². The van der Waals surface area contributed by atoms with E-state index in [1.54, 1.807) is 7.11 Å². The van der Waals surface area contributed by atoms with Crippen LogP contribution < -0.4 is 10.1 Å². The molecule has 0 aromatic heterocycles. The van der Waals surface area contributed by atoms with Crippen LogP contribution in [0.15, 0.2) is 24.3 Å². The van der Waals surface area contributed by atoms with Gasteiger partial charge in [-0.05, 0) is 43.4 Å². The maximum atomic E-state index is 10.2. The third-order valence-electron chi connectivity index (χ3n) is 4.22. The van der Waals surface area contributed by atoms with Crippen molar-refractivity contribution in [3.63, 3.8) is 0 Å². The van der Waals surface area contributed by atoms with Crippen LogP contribution in [-0.2, 0) is 0 Å². The van der Waals surface area contributed by atoms with Gasteiger partial charge in [-0.25, -0.2) is 0 Å². The van der Waals surface area contributed by atoms with Crippen LogP contribution in [0.25, 0.3) is 0 Å². The molecular weight excluding hydrogens is 238 g/mol. The molecule has 1 aromatic carbocycles. The molecule has 1 saturated carbocycles. The lowest BCUT2D eigenvalue weighted by Gasteiger charge is -2.22. The maximum absolute atomic E-state index is 10.2. The van der Waals surface area contributed by atoms with Crippen molar-refractivity contribution in [2.75, 3.05) is 13.7 Å². The highest BCUT2D eigenvalue weighted by Gasteiger charge is 2.21. The monoisotopic (exact) mass is 263 g/mol. The van der Waals surface area contributed by atoms with E-state index in [0.717, 1.165) is 17.2 Å². The summed E-state index contributed by atoms with van der Waals surface area (Å²) in [5.41, 5.74) is 0.908. The lowest BCUT2D eigenvalue weighted by molar-refractivity contribution is 0.165. The highest BCUT2D eigenvalue weighted by molar-refractivity contribution is 5.29. The molecule has 1 aliphatic carbocycles. The van der Waals surface area contributed by atoms with Crippen LogP contribution in [0, 0.1) is 5.92 Å². The molecule has 2 N–H and O–H groups in total. The average Bonchev–Trinajstić information content (AvgIpc) is 2.98. The molecule has 1 fully saturated rings. The highest BCUT2D eigenvalue weighted by Crippen LogP contribution is 2.27. The fourth-order valence-corrected chi connectivity index (χ4v) is 2.89. The molecule has 0 spiro atoms. The molecule has 1 unspecified atom stereocenters. The molecule has 0 aliphatic heterocycles. The van der Waals surface area contributed by atoms with E-state index in [-0.39, 0.29) is 0 Å². The summed E-state index contributed by atoms with van der Waals surface area (Å²) >= 11 is 0. The minimum absolute atomic E-state index is 0.473. The van der Waals surface area contributed by atoms with Gasteiger partial charge in [0.05, 0.1) is 13.2 Å². The molecule has 1 aliphatic rings. The first-order valence-corrected chi connectivity index (χ1v) is 7.26. The molecule has 0 saturated heterocycles. The lowest BCUT2D eigenvalue weighted by Crippen LogP contribution is -2.35. The number of rotatable bonds is 6. The van der Waals surface area contributed by atoms with Crippen molar-refractivity contribution < 1.29 is 9.84 Å². The molecule has 106 valence electrons. The number of ether oxygens (including phenoxy) is 1. The standard InChI is InChI=1S/C16H25NO2/c1-12(13-6-3-4-7-13)17-11-16(18)14-8-5-9-15(10-14)19-2/h5,8-10,12-13,16-18H,3-4,6-7,11H2,1-2H3/t12-,16?/m0/s1. The van der Waals surface area contributed by atoms with Gasteiger partial charge in [0.15, 0.2) is 0 Å². The second-order valence-electron chi connectivity index (χ2n) is 5.53. The van der Waals surface area contributed by atoms with Crippen LogP contribution in [0.1, 0.15) is 44.3 Å². The maximum Gasteiger partial charge on any atom is 0.119 e. The largest absolute Gasteiger partial charge is 0.497 e. The van der Waals surface area contributed by atoms with Crippen LogP contribution in [0.3, 0.4) is 0 Å². The quantitative estimate of drug-likeness (QED) is 0.829. The van der Waals surface area contributed by atoms with E-state index in [1.807, 2.05) is 24.3 Å². The van der Waals surface area contributed by atoms with Crippen molar-refractivity contribution in [2.45, 2.75) is 44.8 Å². The smallest absolute Gasteiger partial charge is 0.119 e. The summed E-state index contributed by atoms with van der Waals surface area (Å²) in [6.07, 6.45) is 4.89. The highest BCUT2D eigenvalue weighted by atomic mass is 16.5. The Morgan fingerprint density at radius 2 is 2.11 bits per heavy atom. The molecule has 2 rings (SSSR count). The Hall–Kier alpha value is -1.06. The van der Waals surface area contributed by atoms with Gasteiger partial charge in [-0.2, -0.15) is 0 Å². The van der Waals surface area contributed by atoms with Crippen molar-refractivity contribution >= 4 is 0 Å². The van der Waals surface area contributed by atoms with E-state index in [1.165, 1.54) is 25.7 Å². The van der Waals surface area contributed by atoms with Gasteiger partial charge < -0.3 is 15.2 Å². The Balaban J connectivity index is 1.84. The number of hydrogen-bond acceptors (Lipinski definition) is 3. The van der Waals surface area contributed by atoms with Crippen LogP contribution in [-0.4, -0.2) is 24.8 Å². The molecule has 0 radical (unpaired) electrons. The van der Waals surface area contributed by atoms with Crippen LogP contribution in [0.5, 0.6) is 5.75 Å². The molecule has 19 heavy (non-hydrogen) atoms. The fourth-order valence-electron chi connectivity index (χ4n) is 2.89. The van der Waals surface area contributed by atoms with Gasteiger partial charge in [-0.1, -0.05) is 25.0 Å². The second-order valence-corrected chi connectivity index (χ2v) is 5.53. The molecule has 0 heterocycles. The van der Waals surface area contributed by atoms with Crippen molar-refractivity contribution in [1.29, 1.82) is 0 Å². The topological polar surface area (TPSA) is 41.5 Å². The molecule has 3 nitrogen and oxygen atoms in total. The van der Waals surface area contributed by atoms with Crippen LogP contribution in [0.2, 0.25) is 0 Å². The molecule has 0 bridgehead atoms. The number of methoxy groups -OCH3 is 1. The third kappa shape index (κ3) is 3.95. The van der Waals surface area contributed by atoms with Gasteiger partial charge in [0.25, 0.3) is 0 Å². The first kappa shape index (κ1) is 14.4. The van der Waals surface area contributed by atoms with Crippen LogP contribution in [0.4, 0.5) is 0 Å². The van der Waals surface area contributed by atoms with Gasteiger partial charge in [0, 0.05) is 12.6 Å². The molecular formula is C16H25NO2.